The Labute approximate surface area is 93.5 Å². The summed E-state index contributed by atoms with van der Waals surface area (Å²) in [6, 6.07) is 8.63. The molecule has 0 aliphatic carbocycles. The summed E-state index contributed by atoms with van der Waals surface area (Å²) < 4.78 is 0. The maximum atomic E-state index is 3.17. The standard InChI is InChI=1S/C10H11N.2C2H6/c1-2-8-3-4-10-9(7-8)5-6-11-10;2*1-2/h3-7,11H,2H2,1H3;2*1-2H3. The summed E-state index contributed by atoms with van der Waals surface area (Å²) in [6.07, 6.45) is 3.09. The first-order chi connectivity index (χ1) is 7.40. The Balaban J connectivity index is 0.000000442. The maximum absolute atomic E-state index is 3.17. The van der Waals surface area contributed by atoms with Crippen molar-refractivity contribution in [1.82, 2.24) is 4.98 Å². The smallest absolute Gasteiger partial charge is 0.0454 e. The lowest BCUT2D eigenvalue weighted by Crippen LogP contribution is -1.77. The van der Waals surface area contributed by atoms with Crippen LogP contribution >= 0.6 is 0 Å². The molecule has 0 unspecified atom stereocenters. The van der Waals surface area contributed by atoms with Gasteiger partial charge in [-0.2, -0.15) is 0 Å². The third kappa shape index (κ3) is 3.78. The molecule has 0 amide bonds. The molecule has 0 bridgehead atoms. The second-order valence-electron chi connectivity index (χ2n) is 2.75. The van der Waals surface area contributed by atoms with Crippen molar-refractivity contribution >= 4 is 10.9 Å². The lowest BCUT2D eigenvalue weighted by molar-refractivity contribution is 1.15. The number of fused-ring (bicyclic) bond motifs is 1. The summed E-state index contributed by atoms with van der Waals surface area (Å²) in [6.45, 7) is 10.2. The fourth-order valence-electron chi connectivity index (χ4n) is 1.32. The van der Waals surface area contributed by atoms with Crippen LogP contribution in [0.1, 0.15) is 40.2 Å². The fourth-order valence-corrected chi connectivity index (χ4v) is 1.32. The van der Waals surface area contributed by atoms with Gasteiger partial charge in [0.05, 0.1) is 0 Å². The summed E-state index contributed by atoms with van der Waals surface area (Å²) in [4.78, 5) is 3.17. The Morgan fingerprint density at radius 2 is 1.67 bits per heavy atom. The zero-order valence-electron chi connectivity index (χ0n) is 10.6. The topological polar surface area (TPSA) is 15.8 Å². The number of hydrogen-bond acceptors (Lipinski definition) is 0. The van der Waals surface area contributed by atoms with Crippen LogP contribution in [0.2, 0.25) is 0 Å². The quantitative estimate of drug-likeness (QED) is 0.689. The highest BCUT2D eigenvalue weighted by Crippen LogP contribution is 2.14. The molecular weight excluding hydrogens is 182 g/mol. The highest BCUT2D eigenvalue weighted by Gasteiger charge is 1.93. The summed E-state index contributed by atoms with van der Waals surface area (Å²) in [5.41, 5.74) is 2.62. The highest BCUT2D eigenvalue weighted by atomic mass is 14.7. The van der Waals surface area contributed by atoms with E-state index in [1.807, 2.05) is 33.9 Å². The van der Waals surface area contributed by atoms with Crippen LogP contribution in [-0.2, 0) is 6.42 Å². The molecule has 0 fully saturated rings. The number of benzene rings is 1. The number of hydrogen-bond donors (Lipinski definition) is 1. The van der Waals surface area contributed by atoms with Gasteiger partial charge in [-0.1, -0.05) is 40.7 Å². The average molecular weight is 205 g/mol. The van der Waals surface area contributed by atoms with E-state index in [2.05, 4.69) is 36.2 Å². The Bertz CT molecular complexity index is 360. The van der Waals surface area contributed by atoms with E-state index in [9.17, 15) is 0 Å². The van der Waals surface area contributed by atoms with Gasteiger partial charge in [0.2, 0.25) is 0 Å². The summed E-state index contributed by atoms with van der Waals surface area (Å²) in [7, 11) is 0. The van der Waals surface area contributed by atoms with E-state index in [0.717, 1.165) is 6.42 Å². The van der Waals surface area contributed by atoms with Crippen molar-refractivity contribution in [3.63, 3.8) is 0 Å². The molecule has 0 aliphatic heterocycles. The summed E-state index contributed by atoms with van der Waals surface area (Å²) in [5.74, 6) is 0. The van der Waals surface area contributed by atoms with E-state index in [1.54, 1.807) is 0 Å². The highest BCUT2D eigenvalue weighted by molar-refractivity contribution is 5.79. The van der Waals surface area contributed by atoms with E-state index in [1.165, 1.54) is 16.5 Å². The lowest BCUT2D eigenvalue weighted by Gasteiger charge is -1.94. The predicted octanol–water partition coefficient (Wildman–Crippen LogP) is 4.78. The van der Waals surface area contributed by atoms with E-state index >= 15 is 0 Å². The van der Waals surface area contributed by atoms with Crippen LogP contribution < -0.4 is 0 Å². The minimum Gasteiger partial charge on any atom is -0.361 e. The monoisotopic (exact) mass is 205 g/mol. The third-order valence-corrected chi connectivity index (χ3v) is 2.03. The van der Waals surface area contributed by atoms with Crippen LogP contribution in [0.3, 0.4) is 0 Å². The van der Waals surface area contributed by atoms with Gasteiger partial charge in [0, 0.05) is 11.7 Å². The molecule has 1 N–H and O–H groups in total. The van der Waals surface area contributed by atoms with Crippen molar-refractivity contribution in [2.75, 3.05) is 0 Å². The molecular formula is C14H23N. The molecule has 0 aliphatic rings. The molecule has 84 valence electrons. The summed E-state index contributed by atoms with van der Waals surface area (Å²) >= 11 is 0. The van der Waals surface area contributed by atoms with Gasteiger partial charge < -0.3 is 4.98 Å². The molecule has 2 aromatic rings. The Morgan fingerprint density at radius 3 is 2.27 bits per heavy atom. The first-order valence-electron chi connectivity index (χ1n) is 5.96. The second-order valence-corrected chi connectivity index (χ2v) is 2.75. The number of rotatable bonds is 1. The Morgan fingerprint density at radius 1 is 1.00 bits per heavy atom. The first kappa shape index (κ1) is 13.8. The van der Waals surface area contributed by atoms with Crippen molar-refractivity contribution in [1.29, 1.82) is 0 Å². The van der Waals surface area contributed by atoms with Gasteiger partial charge in [-0.05, 0) is 35.6 Å². The first-order valence-corrected chi connectivity index (χ1v) is 5.96. The van der Waals surface area contributed by atoms with Gasteiger partial charge in [-0.25, -0.2) is 0 Å². The van der Waals surface area contributed by atoms with E-state index in [4.69, 9.17) is 0 Å². The van der Waals surface area contributed by atoms with Crippen molar-refractivity contribution < 1.29 is 0 Å². The van der Waals surface area contributed by atoms with Gasteiger partial charge >= 0.3 is 0 Å². The molecule has 1 nitrogen and oxygen atoms in total. The molecule has 0 atom stereocenters. The number of aromatic amines is 1. The van der Waals surface area contributed by atoms with Crippen LogP contribution in [0.25, 0.3) is 10.9 Å². The van der Waals surface area contributed by atoms with Gasteiger partial charge in [-0.3, -0.25) is 0 Å². The van der Waals surface area contributed by atoms with Crippen LogP contribution in [0.15, 0.2) is 30.5 Å². The van der Waals surface area contributed by atoms with Gasteiger partial charge in [0.15, 0.2) is 0 Å². The van der Waals surface area contributed by atoms with E-state index < -0.39 is 0 Å². The maximum Gasteiger partial charge on any atom is 0.0454 e. The second kappa shape index (κ2) is 8.10. The zero-order chi connectivity index (χ0) is 11.7. The fraction of sp³-hybridized carbons (Fsp3) is 0.429. The van der Waals surface area contributed by atoms with E-state index in [0.29, 0.717) is 0 Å². The normalized spacial score (nSPS) is 8.60. The SMILES string of the molecule is CC.CC.CCc1ccc2[nH]ccc2c1. The predicted molar refractivity (Wildman–Crippen MR) is 70.4 cm³/mol. The molecule has 0 spiro atoms. The average Bonchev–Trinajstić information content (AvgIpc) is 2.81. The molecule has 2 rings (SSSR count). The minimum absolute atomic E-state index is 1.11. The molecule has 0 saturated heterocycles. The van der Waals surface area contributed by atoms with Gasteiger partial charge in [-0.15, -0.1) is 0 Å². The Hall–Kier alpha value is -1.24. The third-order valence-electron chi connectivity index (χ3n) is 2.03. The molecule has 15 heavy (non-hydrogen) atoms. The molecule has 1 heteroatoms. The van der Waals surface area contributed by atoms with Crippen molar-refractivity contribution in [2.24, 2.45) is 0 Å². The van der Waals surface area contributed by atoms with Crippen LogP contribution in [-0.4, -0.2) is 4.98 Å². The number of nitrogens with one attached hydrogen (secondary N) is 1. The minimum atomic E-state index is 1.11. The van der Waals surface area contributed by atoms with Crippen LogP contribution in [0, 0.1) is 0 Å². The lowest BCUT2D eigenvalue weighted by atomic mass is 10.1. The molecule has 1 heterocycles. The van der Waals surface area contributed by atoms with Gasteiger partial charge in [0.1, 0.15) is 0 Å². The van der Waals surface area contributed by atoms with Crippen molar-refractivity contribution in [2.45, 2.75) is 41.0 Å². The van der Waals surface area contributed by atoms with E-state index in [-0.39, 0.29) is 0 Å². The molecule has 0 saturated carbocycles. The van der Waals surface area contributed by atoms with Crippen LogP contribution in [0.5, 0.6) is 0 Å². The molecule has 0 radical (unpaired) electrons. The van der Waals surface area contributed by atoms with Crippen LogP contribution in [0.4, 0.5) is 0 Å². The molecule has 1 aromatic carbocycles. The summed E-state index contributed by atoms with van der Waals surface area (Å²) in [5, 5.41) is 1.31. The van der Waals surface area contributed by atoms with Crippen molar-refractivity contribution in [3.05, 3.63) is 36.0 Å². The number of aryl methyl sites for hydroxylation is 1. The van der Waals surface area contributed by atoms with Crippen molar-refractivity contribution in [3.8, 4) is 0 Å². The Kier molecular flexibility index (Phi) is 7.43. The van der Waals surface area contributed by atoms with Gasteiger partial charge in [0.25, 0.3) is 0 Å². The number of aromatic nitrogens is 1. The number of H-pyrrole nitrogens is 1. The zero-order valence-corrected chi connectivity index (χ0v) is 10.6. The molecule has 1 aromatic heterocycles. The largest absolute Gasteiger partial charge is 0.361 e.